The first-order valence-electron chi connectivity index (χ1n) is 5.87. The summed E-state index contributed by atoms with van der Waals surface area (Å²) in [4.78, 5) is 11.1. The van der Waals surface area contributed by atoms with Crippen LogP contribution in [0, 0.1) is 0 Å². The van der Waals surface area contributed by atoms with Gasteiger partial charge in [-0.25, -0.2) is 13.6 Å². The molecule has 1 aliphatic rings. The number of carbonyl (C=O) groups is 1. The summed E-state index contributed by atoms with van der Waals surface area (Å²) in [5.74, 6) is -4.36. The summed E-state index contributed by atoms with van der Waals surface area (Å²) >= 11 is 0. The van der Waals surface area contributed by atoms with Crippen molar-refractivity contribution >= 4 is 6.09 Å². The van der Waals surface area contributed by atoms with Crippen molar-refractivity contribution in [2.24, 2.45) is 0 Å². The van der Waals surface area contributed by atoms with Gasteiger partial charge in [-0.05, 0) is 12.1 Å². The van der Waals surface area contributed by atoms with Crippen molar-refractivity contribution in [2.45, 2.75) is 18.3 Å². The van der Waals surface area contributed by atoms with Crippen LogP contribution in [0.1, 0.15) is 11.6 Å². The van der Waals surface area contributed by atoms with Crippen molar-refractivity contribution < 1.29 is 41.0 Å². The summed E-state index contributed by atoms with van der Waals surface area (Å²) in [5, 5.41) is 1.91. The number of hydrogen-bond acceptors (Lipinski definition) is 4. The van der Waals surface area contributed by atoms with E-state index in [0.717, 1.165) is 25.3 Å². The van der Waals surface area contributed by atoms with Gasteiger partial charge in [0, 0.05) is 11.6 Å². The van der Waals surface area contributed by atoms with Crippen LogP contribution in [0.4, 0.5) is 26.7 Å². The van der Waals surface area contributed by atoms with Crippen molar-refractivity contribution in [2.75, 3.05) is 13.7 Å². The molecule has 0 spiro atoms. The zero-order valence-electron chi connectivity index (χ0n) is 11.0. The minimum atomic E-state index is -4.93. The number of alkyl carbamates (subject to hydrolysis) is 1. The zero-order chi connectivity index (χ0) is 16.5. The largest absolute Gasteiger partial charge is 0.573 e. The van der Waals surface area contributed by atoms with Crippen LogP contribution < -0.4 is 14.8 Å². The molecule has 0 aromatic heterocycles. The van der Waals surface area contributed by atoms with Gasteiger partial charge >= 0.3 is 18.4 Å². The van der Waals surface area contributed by atoms with E-state index in [1.807, 2.05) is 5.32 Å². The van der Waals surface area contributed by atoms with Crippen LogP contribution in [0.2, 0.25) is 0 Å². The first-order chi connectivity index (χ1) is 10.1. The Bertz CT molecular complexity index is 575. The van der Waals surface area contributed by atoms with Gasteiger partial charge in [-0.15, -0.1) is 13.2 Å². The summed E-state index contributed by atoms with van der Waals surface area (Å²) in [6, 6.07) is 0.830. The molecule has 5 nitrogen and oxygen atoms in total. The maximum absolute atomic E-state index is 13.8. The van der Waals surface area contributed by atoms with Gasteiger partial charge in [-0.1, -0.05) is 0 Å². The van der Waals surface area contributed by atoms with Crippen molar-refractivity contribution in [3.8, 4) is 11.5 Å². The molecule has 1 fully saturated rings. The lowest BCUT2D eigenvalue weighted by atomic mass is 9.99. The van der Waals surface area contributed by atoms with E-state index in [-0.39, 0.29) is 11.3 Å². The van der Waals surface area contributed by atoms with Gasteiger partial charge < -0.3 is 19.5 Å². The molecular formula is C12H10F5NO4. The van der Waals surface area contributed by atoms with Gasteiger partial charge in [-0.2, -0.15) is 0 Å². The highest BCUT2D eigenvalue weighted by Gasteiger charge is 2.48. The first-order valence-corrected chi connectivity index (χ1v) is 5.87. The molecule has 1 amide bonds. The molecule has 1 atom stereocenters. The number of alkyl halides is 5. The van der Waals surface area contributed by atoms with Crippen LogP contribution in [0.5, 0.6) is 11.5 Å². The number of methoxy groups -OCH3 is 1. The fraction of sp³-hybridized carbons (Fsp3) is 0.417. The Morgan fingerprint density at radius 2 is 2.05 bits per heavy atom. The Labute approximate surface area is 120 Å². The van der Waals surface area contributed by atoms with E-state index in [9.17, 15) is 26.7 Å². The zero-order valence-corrected chi connectivity index (χ0v) is 11.0. The lowest BCUT2D eigenvalue weighted by Gasteiger charge is -2.32. The number of carbonyl (C=O) groups excluding carboxylic acids is 1. The van der Waals surface area contributed by atoms with E-state index in [0.29, 0.717) is 0 Å². The van der Waals surface area contributed by atoms with Crippen LogP contribution in [-0.4, -0.2) is 32.1 Å². The SMILES string of the molecule is COc1cc(OC(F)(F)F)ccc1[C@H]1NC(=O)OCC1(F)F. The number of ether oxygens (including phenoxy) is 3. The number of cyclic esters (lactones) is 1. The third-order valence-electron chi connectivity index (χ3n) is 2.83. The van der Waals surface area contributed by atoms with Gasteiger partial charge in [0.1, 0.15) is 17.5 Å². The maximum Gasteiger partial charge on any atom is 0.573 e. The molecule has 0 radical (unpaired) electrons. The number of amides is 1. The Hall–Kier alpha value is -2.26. The highest BCUT2D eigenvalue weighted by molar-refractivity contribution is 5.69. The van der Waals surface area contributed by atoms with Crippen LogP contribution in [-0.2, 0) is 4.74 Å². The number of nitrogens with one attached hydrogen (secondary N) is 1. The van der Waals surface area contributed by atoms with Crippen molar-refractivity contribution in [1.29, 1.82) is 0 Å². The Kier molecular flexibility index (Phi) is 4.03. The predicted octanol–water partition coefficient (Wildman–Crippen LogP) is 3.01. The molecule has 1 aliphatic heterocycles. The average Bonchev–Trinajstić information content (AvgIpc) is 2.40. The van der Waals surface area contributed by atoms with E-state index < -0.39 is 36.8 Å². The second kappa shape index (κ2) is 5.50. The second-order valence-electron chi connectivity index (χ2n) is 4.37. The topological polar surface area (TPSA) is 56.8 Å². The van der Waals surface area contributed by atoms with E-state index >= 15 is 0 Å². The lowest BCUT2D eigenvalue weighted by molar-refractivity contribution is -0.274. The number of hydrogen-bond donors (Lipinski definition) is 1. The molecule has 122 valence electrons. The summed E-state index contributed by atoms with van der Waals surface area (Å²) < 4.78 is 76.8. The average molecular weight is 327 g/mol. The number of benzene rings is 1. The van der Waals surface area contributed by atoms with E-state index in [2.05, 4.69) is 9.47 Å². The smallest absolute Gasteiger partial charge is 0.496 e. The van der Waals surface area contributed by atoms with Crippen LogP contribution in [0.25, 0.3) is 0 Å². The molecule has 0 aliphatic carbocycles. The van der Waals surface area contributed by atoms with E-state index in [1.54, 1.807) is 0 Å². The molecule has 0 saturated carbocycles. The summed E-state index contributed by atoms with van der Waals surface area (Å²) in [5.41, 5.74) is -0.196. The Balaban J connectivity index is 2.36. The van der Waals surface area contributed by atoms with Gasteiger partial charge in [0.05, 0.1) is 7.11 Å². The quantitative estimate of drug-likeness (QED) is 0.867. The van der Waals surface area contributed by atoms with Gasteiger partial charge in [0.2, 0.25) is 0 Å². The third-order valence-corrected chi connectivity index (χ3v) is 2.83. The summed E-state index contributed by atoms with van der Waals surface area (Å²) in [7, 11) is 1.09. The Morgan fingerprint density at radius 3 is 2.64 bits per heavy atom. The molecule has 1 aromatic rings. The third kappa shape index (κ3) is 3.49. The predicted molar refractivity (Wildman–Crippen MR) is 61.8 cm³/mol. The second-order valence-corrected chi connectivity index (χ2v) is 4.37. The minimum absolute atomic E-state index is 0.196. The lowest BCUT2D eigenvalue weighted by Crippen LogP contribution is -2.49. The molecular weight excluding hydrogens is 317 g/mol. The molecule has 1 aromatic carbocycles. The molecule has 2 rings (SSSR count). The molecule has 0 unspecified atom stereocenters. The van der Waals surface area contributed by atoms with Crippen LogP contribution in [0.3, 0.4) is 0 Å². The van der Waals surface area contributed by atoms with Crippen molar-refractivity contribution in [3.63, 3.8) is 0 Å². The molecule has 10 heteroatoms. The van der Waals surface area contributed by atoms with Crippen LogP contribution in [0.15, 0.2) is 18.2 Å². The number of halogens is 5. The molecule has 0 bridgehead atoms. The molecule has 1 heterocycles. The van der Waals surface area contributed by atoms with Crippen molar-refractivity contribution in [1.82, 2.24) is 5.32 Å². The first kappa shape index (κ1) is 16.1. The van der Waals surface area contributed by atoms with E-state index in [4.69, 9.17) is 4.74 Å². The highest BCUT2D eigenvalue weighted by Crippen LogP contribution is 2.40. The van der Waals surface area contributed by atoms with Crippen molar-refractivity contribution in [3.05, 3.63) is 23.8 Å². The Morgan fingerprint density at radius 1 is 1.36 bits per heavy atom. The highest BCUT2D eigenvalue weighted by atomic mass is 19.4. The van der Waals surface area contributed by atoms with Gasteiger partial charge in [0.25, 0.3) is 0 Å². The standard InChI is InChI=1S/C12H10F5NO4/c1-20-8-4-6(22-12(15,16)17)2-3-7(8)9-11(13,14)5-21-10(19)18-9/h2-4,9H,5H2,1H3,(H,18,19)/t9-/m1/s1. The fourth-order valence-corrected chi connectivity index (χ4v) is 1.94. The fourth-order valence-electron chi connectivity index (χ4n) is 1.94. The molecule has 22 heavy (non-hydrogen) atoms. The molecule has 1 N–H and O–H groups in total. The van der Waals surface area contributed by atoms with Crippen LogP contribution >= 0.6 is 0 Å². The van der Waals surface area contributed by atoms with Gasteiger partial charge in [0.15, 0.2) is 6.61 Å². The normalized spacial score (nSPS) is 20.8. The summed E-state index contributed by atoms with van der Waals surface area (Å²) in [6.45, 7) is -1.15. The van der Waals surface area contributed by atoms with Gasteiger partial charge in [-0.3, -0.25) is 0 Å². The summed E-state index contributed by atoms with van der Waals surface area (Å²) in [6.07, 6.45) is -5.99. The molecule has 1 saturated heterocycles. The maximum atomic E-state index is 13.8. The van der Waals surface area contributed by atoms with E-state index in [1.165, 1.54) is 0 Å². The minimum Gasteiger partial charge on any atom is -0.496 e. The number of rotatable bonds is 3. The monoisotopic (exact) mass is 327 g/mol.